The molecular weight excluding hydrogens is 362 g/mol. The van der Waals surface area contributed by atoms with Crippen molar-refractivity contribution in [2.24, 2.45) is 0 Å². The van der Waals surface area contributed by atoms with E-state index < -0.39 is 6.10 Å². The van der Waals surface area contributed by atoms with Gasteiger partial charge in [-0.3, -0.25) is 4.90 Å². The predicted octanol–water partition coefficient (Wildman–Crippen LogP) is 4.28. The van der Waals surface area contributed by atoms with E-state index in [-0.39, 0.29) is 0 Å². The van der Waals surface area contributed by atoms with E-state index in [4.69, 9.17) is 9.47 Å². The summed E-state index contributed by atoms with van der Waals surface area (Å²) in [5.74, 6) is 0.845. The number of methoxy groups -OCH3 is 1. The van der Waals surface area contributed by atoms with Gasteiger partial charge in [-0.1, -0.05) is 72.8 Å². The van der Waals surface area contributed by atoms with Crippen LogP contribution in [0.4, 0.5) is 0 Å². The monoisotopic (exact) mass is 391 g/mol. The largest absolute Gasteiger partial charge is 0.497 e. The number of nitrogens with zero attached hydrogens (tertiary/aromatic N) is 1. The van der Waals surface area contributed by atoms with Crippen LogP contribution in [0.3, 0.4) is 0 Å². The van der Waals surface area contributed by atoms with Gasteiger partial charge in [0.2, 0.25) is 0 Å². The fraction of sp³-hybridized carbons (Fsp3) is 0.280. The van der Waals surface area contributed by atoms with E-state index in [1.54, 1.807) is 7.11 Å². The van der Waals surface area contributed by atoms with Gasteiger partial charge in [0.25, 0.3) is 0 Å². The molecule has 152 valence electrons. The van der Waals surface area contributed by atoms with Crippen molar-refractivity contribution >= 4 is 0 Å². The molecule has 0 saturated heterocycles. The summed E-state index contributed by atoms with van der Waals surface area (Å²) in [5.41, 5.74) is 3.51. The Bertz CT molecular complexity index is 822. The summed E-state index contributed by atoms with van der Waals surface area (Å²) in [7, 11) is 1.67. The molecule has 0 aliphatic heterocycles. The van der Waals surface area contributed by atoms with Gasteiger partial charge in [0.1, 0.15) is 5.75 Å². The average molecular weight is 392 g/mol. The van der Waals surface area contributed by atoms with E-state index in [9.17, 15) is 5.11 Å². The first-order valence-corrected chi connectivity index (χ1v) is 9.92. The molecule has 0 spiro atoms. The van der Waals surface area contributed by atoms with Gasteiger partial charge in [-0.2, -0.15) is 0 Å². The van der Waals surface area contributed by atoms with Crippen LogP contribution in [-0.2, 0) is 24.4 Å². The van der Waals surface area contributed by atoms with Crippen molar-refractivity contribution in [3.05, 3.63) is 102 Å². The maximum Gasteiger partial charge on any atom is 0.118 e. The minimum Gasteiger partial charge on any atom is -0.497 e. The summed E-state index contributed by atoms with van der Waals surface area (Å²) in [6.45, 7) is 2.87. The summed E-state index contributed by atoms with van der Waals surface area (Å²) < 4.78 is 11.0. The SMILES string of the molecule is COc1ccc(CN(Cc2ccccc2)CC(O)COCc2ccccc2)cc1. The molecular formula is C25H29NO3. The molecule has 0 amide bonds. The van der Waals surface area contributed by atoms with Crippen LogP contribution in [0.15, 0.2) is 84.9 Å². The summed E-state index contributed by atoms with van der Waals surface area (Å²) in [5, 5.41) is 10.5. The van der Waals surface area contributed by atoms with Crippen molar-refractivity contribution in [1.82, 2.24) is 4.90 Å². The molecule has 1 N–H and O–H groups in total. The first kappa shape index (κ1) is 21.1. The molecule has 3 aromatic carbocycles. The normalized spacial score (nSPS) is 12.1. The third-order valence-electron chi connectivity index (χ3n) is 4.70. The molecule has 4 nitrogen and oxygen atoms in total. The van der Waals surface area contributed by atoms with E-state index in [1.165, 1.54) is 11.1 Å². The Morgan fingerprint density at radius 3 is 1.90 bits per heavy atom. The van der Waals surface area contributed by atoms with Gasteiger partial charge in [0, 0.05) is 19.6 Å². The highest BCUT2D eigenvalue weighted by Gasteiger charge is 2.14. The fourth-order valence-corrected chi connectivity index (χ4v) is 3.25. The summed E-state index contributed by atoms with van der Waals surface area (Å²) >= 11 is 0. The average Bonchev–Trinajstić information content (AvgIpc) is 2.76. The van der Waals surface area contributed by atoms with Gasteiger partial charge in [0.15, 0.2) is 0 Å². The number of hydrogen-bond acceptors (Lipinski definition) is 4. The molecule has 0 fully saturated rings. The van der Waals surface area contributed by atoms with Gasteiger partial charge < -0.3 is 14.6 Å². The highest BCUT2D eigenvalue weighted by Crippen LogP contribution is 2.15. The quantitative estimate of drug-likeness (QED) is 0.530. The zero-order valence-corrected chi connectivity index (χ0v) is 16.9. The number of aliphatic hydroxyl groups is 1. The molecule has 1 atom stereocenters. The van der Waals surface area contributed by atoms with Crippen LogP contribution in [0.25, 0.3) is 0 Å². The van der Waals surface area contributed by atoms with Gasteiger partial charge in [0.05, 0.1) is 26.4 Å². The van der Waals surface area contributed by atoms with E-state index in [1.807, 2.05) is 60.7 Å². The van der Waals surface area contributed by atoms with Crippen LogP contribution in [0.5, 0.6) is 5.75 Å². The van der Waals surface area contributed by atoms with Crippen molar-refractivity contribution in [1.29, 1.82) is 0 Å². The van der Waals surface area contributed by atoms with E-state index in [2.05, 4.69) is 29.2 Å². The zero-order chi connectivity index (χ0) is 20.3. The summed E-state index contributed by atoms with van der Waals surface area (Å²) in [6, 6.07) is 28.4. The van der Waals surface area contributed by atoms with Crippen molar-refractivity contribution in [3.8, 4) is 5.75 Å². The lowest BCUT2D eigenvalue weighted by atomic mass is 10.1. The molecule has 0 saturated carbocycles. The molecule has 0 radical (unpaired) electrons. The minimum absolute atomic E-state index is 0.308. The molecule has 0 aliphatic carbocycles. The van der Waals surface area contributed by atoms with E-state index >= 15 is 0 Å². The highest BCUT2D eigenvalue weighted by atomic mass is 16.5. The first-order chi connectivity index (χ1) is 14.2. The lowest BCUT2D eigenvalue weighted by Gasteiger charge is -2.25. The second-order valence-electron chi connectivity index (χ2n) is 7.16. The molecule has 3 rings (SSSR count). The smallest absolute Gasteiger partial charge is 0.118 e. The number of ether oxygens (including phenoxy) is 2. The Morgan fingerprint density at radius 2 is 1.31 bits per heavy atom. The first-order valence-electron chi connectivity index (χ1n) is 9.92. The lowest BCUT2D eigenvalue weighted by molar-refractivity contribution is 0.00712. The van der Waals surface area contributed by atoms with Crippen molar-refractivity contribution in [3.63, 3.8) is 0 Å². The minimum atomic E-state index is -0.555. The van der Waals surface area contributed by atoms with E-state index in [0.29, 0.717) is 19.8 Å². The Hall–Kier alpha value is -2.66. The second-order valence-corrected chi connectivity index (χ2v) is 7.16. The summed E-state index contributed by atoms with van der Waals surface area (Å²) in [6.07, 6.45) is -0.555. The standard InChI is InChI=1S/C25H29NO3/c1-28-25-14-12-22(13-15-25)17-26(16-21-8-4-2-5-9-21)18-24(27)20-29-19-23-10-6-3-7-11-23/h2-15,24,27H,16-20H2,1H3. The molecule has 1 unspecified atom stereocenters. The Labute approximate surface area is 173 Å². The fourth-order valence-electron chi connectivity index (χ4n) is 3.25. The topological polar surface area (TPSA) is 41.9 Å². The lowest BCUT2D eigenvalue weighted by Crippen LogP contribution is -2.34. The van der Waals surface area contributed by atoms with Crippen LogP contribution >= 0.6 is 0 Å². The summed E-state index contributed by atoms with van der Waals surface area (Å²) in [4.78, 5) is 2.24. The maximum absolute atomic E-state index is 10.5. The Kier molecular flexibility index (Phi) is 8.25. The van der Waals surface area contributed by atoms with Crippen LogP contribution < -0.4 is 4.74 Å². The Morgan fingerprint density at radius 1 is 0.759 bits per heavy atom. The molecule has 0 bridgehead atoms. The molecule has 0 aliphatic rings. The van der Waals surface area contributed by atoms with Crippen molar-refractivity contribution in [2.75, 3.05) is 20.3 Å². The van der Waals surface area contributed by atoms with E-state index in [0.717, 1.165) is 24.4 Å². The van der Waals surface area contributed by atoms with Crippen molar-refractivity contribution in [2.45, 2.75) is 25.8 Å². The third kappa shape index (κ3) is 7.35. The molecule has 0 aromatic heterocycles. The second kappa shape index (κ2) is 11.4. The van der Waals surface area contributed by atoms with Crippen LogP contribution in [0.2, 0.25) is 0 Å². The molecule has 29 heavy (non-hydrogen) atoms. The number of benzene rings is 3. The number of rotatable bonds is 11. The number of hydrogen-bond donors (Lipinski definition) is 1. The highest BCUT2D eigenvalue weighted by molar-refractivity contribution is 5.27. The van der Waals surface area contributed by atoms with Crippen LogP contribution in [0, 0.1) is 0 Å². The van der Waals surface area contributed by atoms with Gasteiger partial charge in [-0.25, -0.2) is 0 Å². The van der Waals surface area contributed by atoms with Crippen LogP contribution in [0.1, 0.15) is 16.7 Å². The Balaban J connectivity index is 1.57. The predicted molar refractivity (Wildman–Crippen MR) is 116 cm³/mol. The van der Waals surface area contributed by atoms with Gasteiger partial charge in [-0.05, 0) is 28.8 Å². The van der Waals surface area contributed by atoms with Crippen molar-refractivity contribution < 1.29 is 14.6 Å². The van der Waals surface area contributed by atoms with Gasteiger partial charge >= 0.3 is 0 Å². The maximum atomic E-state index is 10.5. The van der Waals surface area contributed by atoms with Gasteiger partial charge in [-0.15, -0.1) is 0 Å². The molecule has 3 aromatic rings. The zero-order valence-electron chi connectivity index (χ0n) is 16.9. The van der Waals surface area contributed by atoms with Crippen LogP contribution in [-0.4, -0.2) is 36.4 Å². The molecule has 4 heteroatoms. The third-order valence-corrected chi connectivity index (χ3v) is 4.70. The number of aliphatic hydroxyl groups excluding tert-OH is 1. The molecule has 0 heterocycles.